The minimum Gasteiger partial charge on any atom is -0.496 e. The second-order valence-corrected chi connectivity index (χ2v) is 6.27. The Morgan fingerprint density at radius 3 is 2.76 bits per heavy atom. The summed E-state index contributed by atoms with van der Waals surface area (Å²) in [6.07, 6.45) is 1.95. The van der Waals surface area contributed by atoms with Crippen LogP contribution in [-0.2, 0) is 6.54 Å². The number of thioether (sulfide) groups is 1. The van der Waals surface area contributed by atoms with Crippen LogP contribution in [0.5, 0.6) is 5.75 Å². The molecule has 6 heteroatoms. The molecule has 0 atom stereocenters. The van der Waals surface area contributed by atoms with Gasteiger partial charge in [0.25, 0.3) is 0 Å². The Hall–Kier alpha value is -1.66. The molecule has 0 bridgehead atoms. The molecule has 0 saturated carbocycles. The minimum absolute atomic E-state index is 0.00172. The van der Waals surface area contributed by atoms with Crippen LogP contribution >= 0.6 is 23.1 Å². The molecule has 0 radical (unpaired) electrons. The van der Waals surface area contributed by atoms with Gasteiger partial charge in [-0.2, -0.15) is 0 Å². The van der Waals surface area contributed by atoms with E-state index >= 15 is 0 Å². The molecule has 1 aromatic heterocycles. The van der Waals surface area contributed by atoms with Gasteiger partial charge in [-0.15, -0.1) is 23.1 Å². The first kappa shape index (κ1) is 15.7. The van der Waals surface area contributed by atoms with E-state index < -0.39 is 0 Å². The van der Waals surface area contributed by atoms with Gasteiger partial charge in [-0.05, 0) is 12.3 Å². The highest BCUT2D eigenvalue weighted by Crippen LogP contribution is 2.42. The zero-order chi connectivity index (χ0) is 15.4. The van der Waals surface area contributed by atoms with Crippen LogP contribution in [0.2, 0.25) is 0 Å². The third-order valence-electron chi connectivity index (χ3n) is 3.06. The first-order chi connectivity index (χ1) is 10.1. The van der Waals surface area contributed by atoms with E-state index in [0.29, 0.717) is 17.1 Å². The Kier molecular flexibility index (Phi) is 5.14. The fraction of sp³-hybridized carbons (Fsp3) is 0.267. The molecule has 0 fully saturated rings. The third-order valence-corrected chi connectivity index (χ3v) is 5.28. The van der Waals surface area contributed by atoms with E-state index in [1.54, 1.807) is 18.9 Å². The molecular formula is C15H18N2O2S2. The van der Waals surface area contributed by atoms with Crippen LogP contribution in [0.15, 0.2) is 29.2 Å². The van der Waals surface area contributed by atoms with Crippen molar-refractivity contribution in [1.29, 1.82) is 0 Å². The maximum absolute atomic E-state index is 11.6. The van der Waals surface area contributed by atoms with Crippen LogP contribution in [0, 0.1) is 0 Å². The molecule has 2 aromatic rings. The number of rotatable bonds is 6. The molecule has 0 aliphatic rings. The van der Waals surface area contributed by atoms with E-state index in [0.717, 1.165) is 21.2 Å². The number of hydrogen-bond donors (Lipinski definition) is 2. The second kappa shape index (κ2) is 6.87. The molecule has 4 nitrogen and oxygen atoms in total. The van der Waals surface area contributed by atoms with Gasteiger partial charge < -0.3 is 15.8 Å². The van der Waals surface area contributed by atoms with E-state index in [4.69, 9.17) is 10.5 Å². The molecule has 0 amide bonds. The molecule has 0 spiro atoms. The number of ether oxygens (including phenoxy) is 1. The monoisotopic (exact) mass is 322 g/mol. The number of benzene rings is 1. The van der Waals surface area contributed by atoms with Crippen LogP contribution in [0.1, 0.15) is 22.2 Å². The van der Waals surface area contributed by atoms with Crippen molar-refractivity contribution in [1.82, 2.24) is 0 Å². The van der Waals surface area contributed by atoms with Gasteiger partial charge in [-0.25, -0.2) is 0 Å². The van der Waals surface area contributed by atoms with Crippen LogP contribution < -0.4 is 15.8 Å². The summed E-state index contributed by atoms with van der Waals surface area (Å²) in [7, 11) is 1.66. The number of hydrogen-bond acceptors (Lipinski definition) is 6. The smallest absolute Gasteiger partial charge is 0.171 e. The largest absolute Gasteiger partial charge is 0.496 e. The van der Waals surface area contributed by atoms with E-state index in [-0.39, 0.29) is 5.78 Å². The van der Waals surface area contributed by atoms with E-state index in [9.17, 15) is 4.79 Å². The number of carbonyl (C=O) groups is 1. The zero-order valence-corrected chi connectivity index (χ0v) is 13.9. The van der Waals surface area contributed by atoms with Crippen LogP contribution in [-0.4, -0.2) is 19.1 Å². The number of nitrogens with one attached hydrogen (secondary N) is 1. The number of Topliss-reactive ketones (excluding diaryl/α,β-unsaturated/α-hetero) is 1. The number of nitrogens with two attached hydrogens (primary N) is 1. The van der Waals surface area contributed by atoms with Crippen LogP contribution in [0.4, 0.5) is 10.7 Å². The fourth-order valence-electron chi connectivity index (χ4n) is 2.03. The zero-order valence-electron chi connectivity index (χ0n) is 12.2. The van der Waals surface area contributed by atoms with Gasteiger partial charge >= 0.3 is 0 Å². The number of carbonyl (C=O) groups excluding carboxylic acids is 1. The summed E-state index contributed by atoms with van der Waals surface area (Å²) in [6.45, 7) is 2.16. The van der Waals surface area contributed by atoms with Crippen molar-refractivity contribution in [3.63, 3.8) is 0 Å². The molecule has 3 N–H and O–H groups in total. The predicted molar refractivity (Wildman–Crippen MR) is 90.8 cm³/mol. The van der Waals surface area contributed by atoms with Gasteiger partial charge in [0.05, 0.1) is 22.6 Å². The Morgan fingerprint density at radius 2 is 2.14 bits per heavy atom. The van der Waals surface area contributed by atoms with E-state index in [2.05, 4.69) is 5.32 Å². The standard InChI is InChI=1S/C15H18N2O2S2/c1-9(18)13-12(16)14(20-3)15(21-13)17-8-10-6-4-5-7-11(10)19-2/h4-7,17H,8,16H2,1-3H3. The lowest BCUT2D eigenvalue weighted by molar-refractivity contribution is 0.102. The molecule has 0 unspecified atom stereocenters. The summed E-state index contributed by atoms with van der Waals surface area (Å²) in [5.41, 5.74) is 7.68. The summed E-state index contributed by atoms with van der Waals surface area (Å²) >= 11 is 2.95. The number of nitrogen functional groups attached to an aromatic ring is 1. The Morgan fingerprint density at radius 1 is 1.43 bits per heavy atom. The number of methoxy groups -OCH3 is 1. The molecule has 0 saturated heterocycles. The topological polar surface area (TPSA) is 64.3 Å². The lowest BCUT2D eigenvalue weighted by Gasteiger charge is -2.10. The third kappa shape index (κ3) is 3.33. The summed E-state index contributed by atoms with van der Waals surface area (Å²) in [6, 6.07) is 7.84. The first-order valence-corrected chi connectivity index (χ1v) is 8.45. The molecule has 2 rings (SSSR count). The van der Waals surface area contributed by atoms with Gasteiger partial charge in [0.1, 0.15) is 10.8 Å². The number of anilines is 2. The SMILES string of the molecule is COc1ccccc1CNc1sc(C(C)=O)c(N)c1SC. The summed E-state index contributed by atoms with van der Waals surface area (Å²) in [4.78, 5) is 13.1. The van der Waals surface area contributed by atoms with Crippen molar-refractivity contribution in [2.75, 3.05) is 24.4 Å². The fourth-order valence-corrected chi connectivity index (χ4v) is 3.96. The maximum atomic E-state index is 11.6. The summed E-state index contributed by atoms with van der Waals surface area (Å²) in [5.74, 6) is 0.838. The molecule has 0 aliphatic heterocycles. The van der Waals surface area contributed by atoms with Gasteiger partial charge in [0.2, 0.25) is 0 Å². The predicted octanol–water partition coefficient (Wildman–Crippen LogP) is 3.88. The summed E-state index contributed by atoms with van der Waals surface area (Å²) in [5, 5.41) is 4.28. The van der Waals surface area contributed by atoms with Crippen molar-refractivity contribution >= 4 is 39.6 Å². The highest BCUT2D eigenvalue weighted by molar-refractivity contribution is 7.99. The van der Waals surface area contributed by atoms with E-state index in [1.165, 1.54) is 18.3 Å². The van der Waals surface area contributed by atoms with Gasteiger partial charge in [-0.3, -0.25) is 4.79 Å². The lowest BCUT2D eigenvalue weighted by atomic mass is 10.2. The number of ketones is 1. The number of thiophene rings is 1. The normalized spacial score (nSPS) is 10.4. The van der Waals surface area contributed by atoms with Gasteiger partial charge in [0, 0.05) is 19.0 Å². The Labute approximate surface area is 132 Å². The van der Waals surface area contributed by atoms with Gasteiger partial charge in [-0.1, -0.05) is 18.2 Å². The van der Waals surface area contributed by atoms with Crippen molar-refractivity contribution in [3.05, 3.63) is 34.7 Å². The Balaban J connectivity index is 2.24. The average Bonchev–Trinajstić information content (AvgIpc) is 2.81. The van der Waals surface area contributed by atoms with E-state index in [1.807, 2.05) is 30.5 Å². The first-order valence-electron chi connectivity index (χ1n) is 6.41. The lowest BCUT2D eigenvalue weighted by Crippen LogP contribution is -2.01. The minimum atomic E-state index is -0.00172. The maximum Gasteiger partial charge on any atom is 0.171 e. The average molecular weight is 322 g/mol. The molecule has 112 valence electrons. The van der Waals surface area contributed by atoms with Crippen LogP contribution in [0.25, 0.3) is 0 Å². The van der Waals surface area contributed by atoms with Crippen molar-refractivity contribution in [2.24, 2.45) is 0 Å². The Bertz CT molecular complexity index is 653. The van der Waals surface area contributed by atoms with Crippen molar-refractivity contribution in [3.8, 4) is 5.75 Å². The molecule has 1 aromatic carbocycles. The summed E-state index contributed by atoms with van der Waals surface area (Å²) < 4.78 is 5.34. The molecule has 1 heterocycles. The second-order valence-electron chi connectivity index (χ2n) is 4.43. The van der Waals surface area contributed by atoms with Crippen molar-refractivity contribution < 1.29 is 9.53 Å². The van der Waals surface area contributed by atoms with Crippen LogP contribution in [0.3, 0.4) is 0 Å². The molecule has 21 heavy (non-hydrogen) atoms. The quantitative estimate of drug-likeness (QED) is 0.624. The molecular weight excluding hydrogens is 304 g/mol. The van der Waals surface area contributed by atoms with Crippen molar-refractivity contribution in [2.45, 2.75) is 18.4 Å². The highest BCUT2D eigenvalue weighted by atomic mass is 32.2. The number of para-hydroxylation sites is 1. The molecule has 0 aliphatic carbocycles. The van der Waals surface area contributed by atoms with Gasteiger partial charge in [0.15, 0.2) is 5.78 Å². The highest BCUT2D eigenvalue weighted by Gasteiger charge is 2.18.